The summed E-state index contributed by atoms with van der Waals surface area (Å²) in [6.45, 7) is 17.9. The first-order valence-corrected chi connectivity index (χ1v) is 13.5. The maximum absolute atomic E-state index is 11.7. The summed E-state index contributed by atoms with van der Waals surface area (Å²) in [5.74, 6) is 1.21. The Morgan fingerprint density at radius 3 is 1.19 bits per heavy atom. The summed E-state index contributed by atoms with van der Waals surface area (Å²) in [4.78, 5) is 0. The molecule has 2 fully saturated rings. The Morgan fingerprint density at radius 1 is 0.611 bits per heavy atom. The Bertz CT molecular complexity index is 1100. The lowest BCUT2D eigenvalue weighted by molar-refractivity contribution is 0.216. The van der Waals surface area contributed by atoms with Crippen molar-refractivity contribution in [2.24, 2.45) is 10.8 Å². The highest BCUT2D eigenvalue weighted by Crippen LogP contribution is 2.61. The Hall–Kier alpha value is -2.36. The molecule has 0 aliphatic heterocycles. The number of aromatic hydroxyl groups is 2. The van der Waals surface area contributed by atoms with Gasteiger partial charge in [-0.2, -0.15) is 0 Å². The van der Waals surface area contributed by atoms with Crippen LogP contribution in [0.1, 0.15) is 102 Å². The van der Waals surface area contributed by atoms with E-state index in [0.29, 0.717) is 22.6 Å². The zero-order valence-electron chi connectivity index (χ0n) is 24.1. The third kappa shape index (κ3) is 3.54. The van der Waals surface area contributed by atoms with Gasteiger partial charge in [0, 0.05) is 33.1 Å². The van der Waals surface area contributed by atoms with E-state index in [2.05, 4.69) is 53.7 Å². The van der Waals surface area contributed by atoms with Gasteiger partial charge in [-0.25, -0.2) is 0 Å². The number of rotatable bonds is 5. The Kier molecular flexibility index (Phi) is 6.38. The second-order valence-electron chi connectivity index (χ2n) is 13.1. The van der Waals surface area contributed by atoms with Crippen LogP contribution in [0.25, 0.3) is 11.1 Å². The summed E-state index contributed by atoms with van der Waals surface area (Å²) in [5.41, 5.74) is 5.14. The Morgan fingerprint density at radius 2 is 0.944 bits per heavy atom. The van der Waals surface area contributed by atoms with Gasteiger partial charge in [-0.1, -0.05) is 66.5 Å². The summed E-state index contributed by atoms with van der Waals surface area (Å²) in [5, 5.41) is 23.4. The third-order valence-corrected chi connectivity index (χ3v) is 10.7. The number of phenols is 2. The SMILES string of the molecule is COc1c([C@@]2(C)CCCC2(C)C)cc(C)c(-c2c(C)cc([C@@]3(C)CCCC3(C)C)c(OC)c2O)c1O. The van der Waals surface area contributed by atoms with Crippen molar-refractivity contribution in [1.82, 2.24) is 0 Å². The number of ether oxygens (including phenoxy) is 2. The van der Waals surface area contributed by atoms with Crippen LogP contribution < -0.4 is 9.47 Å². The van der Waals surface area contributed by atoms with Crippen LogP contribution in [0, 0.1) is 24.7 Å². The Labute approximate surface area is 218 Å². The minimum Gasteiger partial charge on any atom is -0.504 e. The lowest BCUT2D eigenvalue weighted by Gasteiger charge is -2.41. The lowest BCUT2D eigenvalue weighted by atomic mass is 9.64. The number of hydrogen-bond donors (Lipinski definition) is 2. The summed E-state index contributed by atoms with van der Waals surface area (Å²) in [6.07, 6.45) is 6.69. The van der Waals surface area contributed by atoms with E-state index in [4.69, 9.17) is 9.47 Å². The van der Waals surface area contributed by atoms with Crippen molar-refractivity contribution >= 4 is 0 Å². The quantitative estimate of drug-likeness (QED) is 0.438. The smallest absolute Gasteiger partial charge is 0.166 e. The van der Waals surface area contributed by atoms with E-state index in [0.717, 1.165) is 60.8 Å². The van der Waals surface area contributed by atoms with Gasteiger partial charge in [0.25, 0.3) is 0 Å². The first kappa shape index (κ1) is 26.7. The monoisotopic (exact) mass is 494 g/mol. The fourth-order valence-electron chi connectivity index (χ4n) is 7.42. The molecule has 0 unspecified atom stereocenters. The van der Waals surface area contributed by atoms with E-state index in [1.54, 1.807) is 14.2 Å². The average Bonchev–Trinajstić information content (AvgIpc) is 3.23. The van der Waals surface area contributed by atoms with E-state index in [-0.39, 0.29) is 33.2 Å². The van der Waals surface area contributed by atoms with Gasteiger partial charge in [0.15, 0.2) is 23.0 Å². The maximum Gasteiger partial charge on any atom is 0.166 e. The van der Waals surface area contributed by atoms with E-state index < -0.39 is 0 Å². The average molecular weight is 495 g/mol. The molecule has 0 amide bonds. The molecular formula is C32H46O4. The zero-order chi connectivity index (χ0) is 26.8. The molecule has 0 bridgehead atoms. The van der Waals surface area contributed by atoms with Crippen LogP contribution in [0.3, 0.4) is 0 Å². The molecular weight excluding hydrogens is 448 g/mol. The van der Waals surface area contributed by atoms with E-state index >= 15 is 0 Å². The predicted molar refractivity (Wildman–Crippen MR) is 148 cm³/mol. The summed E-state index contributed by atoms with van der Waals surface area (Å²) in [6, 6.07) is 4.34. The molecule has 0 spiro atoms. The van der Waals surface area contributed by atoms with Gasteiger partial charge >= 0.3 is 0 Å². The minimum atomic E-state index is -0.111. The molecule has 2 saturated carbocycles. The van der Waals surface area contributed by atoms with Crippen molar-refractivity contribution in [2.75, 3.05) is 14.2 Å². The van der Waals surface area contributed by atoms with Crippen LogP contribution in [0.15, 0.2) is 12.1 Å². The topological polar surface area (TPSA) is 58.9 Å². The molecule has 4 rings (SSSR count). The highest BCUT2D eigenvalue weighted by molar-refractivity contribution is 5.86. The van der Waals surface area contributed by atoms with Crippen molar-refractivity contribution in [1.29, 1.82) is 0 Å². The van der Waals surface area contributed by atoms with Crippen molar-refractivity contribution in [2.45, 2.75) is 105 Å². The predicted octanol–water partition coefficient (Wildman–Crippen LogP) is 8.33. The molecule has 2 aliphatic rings. The molecule has 2 aromatic carbocycles. The van der Waals surface area contributed by atoms with Crippen LogP contribution in [0.2, 0.25) is 0 Å². The molecule has 36 heavy (non-hydrogen) atoms. The fraction of sp³-hybridized carbons (Fsp3) is 0.625. The molecule has 2 N–H and O–H groups in total. The summed E-state index contributed by atoms with van der Waals surface area (Å²) < 4.78 is 11.8. The van der Waals surface area contributed by atoms with Gasteiger partial charge in [-0.15, -0.1) is 0 Å². The molecule has 198 valence electrons. The second-order valence-corrected chi connectivity index (χ2v) is 13.1. The van der Waals surface area contributed by atoms with Crippen LogP contribution in [-0.2, 0) is 10.8 Å². The largest absolute Gasteiger partial charge is 0.504 e. The molecule has 0 heterocycles. The summed E-state index contributed by atoms with van der Waals surface area (Å²) >= 11 is 0. The molecule has 0 saturated heterocycles. The van der Waals surface area contributed by atoms with Crippen molar-refractivity contribution in [3.63, 3.8) is 0 Å². The fourth-order valence-corrected chi connectivity index (χ4v) is 7.42. The van der Waals surface area contributed by atoms with Crippen LogP contribution in [0.5, 0.6) is 23.0 Å². The first-order chi connectivity index (χ1) is 16.7. The summed E-state index contributed by atoms with van der Waals surface area (Å²) in [7, 11) is 3.25. The molecule has 0 aromatic heterocycles. The molecule has 2 aromatic rings. The number of methoxy groups -OCH3 is 2. The van der Waals surface area contributed by atoms with E-state index in [9.17, 15) is 10.2 Å². The van der Waals surface area contributed by atoms with Gasteiger partial charge in [0.1, 0.15) is 0 Å². The van der Waals surface area contributed by atoms with Gasteiger partial charge in [-0.05, 0) is 61.5 Å². The molecule has 4 heteroatoms. The van der Waals surface area contributed by atoms with Crippen LogP contribution >= 0.6 is 0 Å². The van der Waals surface area contributed by atoms with Crippen LogP contribution in [-0.4, -0.2) is 24.4 Å². The van der Waals surface area contributed by atoms with E-state index in [1.165, 1.54) is 0 Å². The highest BCUT2D eigenvalue weighted by atomic mass is 16.5. The molecule has 4 nitrogen and oxygen atoms in total. The van der Waals surface area contributed by atoms with Gasteiger partial charge in [0.05, 0.1) is 14.2 Å². The van der Waals surface area contributed by atoms with Crippen molar-refractivity contribution in [3.8, 4) is 34.1 Å². The highest BCUT2D eigenvalue weighted by Gasteiger charge is 2.50. The molecule has 2 aliphatic carbocycles. The minimum absolute atomic E-state index is 0.0904. The van der Waals surface area contributed by atoms with E-state index in [1.807, 2.05) is 13.8 Å². The zero-order valence-corrected chi connectivity index (χ0v) is 24.1. The number of benzene rings is 2. The third-order valence-electron chi connectivity index (χ3n) is 10.7. The first-order valence-electron chi connectivity index (χ1n) is 13.5. The molecule has 0 radical (unpaired) electrons. The molecule has 2 atom stereocenters. The van der Waals surface area contributed by atoms with Crippen LogP contribution in [0.4, 0.5) is 0 Å². The number of hydrogen-bond acceptors (Lipinski definition) is 4. The number of aryl methyl sites for hydroxylation is 2. The standard InChI is InChI=1S/C32H46O4/c1-19-17-21(31(7)15-11-13-29(31,3)4)27(35-9)25(33)23(19)24-20(2)18-22(28(36-10)26(24)34)32(8)16-12-14-30(32,5)6/h17-18,33-34H,11-16H2,1-10H3/t31-,32-/m1/s1. The van der Waals surface area contributed by atoms with Crippen molar-refractivity contribution in [3.05, 3.63) is 34.4 Å². The lowest BCUT2D eigenvalue weighted by Crippen LogP contribution is -2.34. The van der Waals surface area contributed by atoms with Gasteiger partial charge < -0.3 is 19.7 Å². The normalized spacial score (nSPS) is 26.8. The number of phenolic OH excluding ortho intramolecular Hbond substituents is 2. The van der Waals surface area contributed by atoms with Crippen molar-refractivity contribution < 1.29 is 19.7 Å². The van der Waals surface area contributed by atoms with Gasteiger partial charge in [-0.3, -0.25) is 0 Å². The maximum atomic E-state index is 11.7. The van der Waals surface area contributed by atoms with Gasteiger partial charge in [0.2, 0.25) is 0 Å². The Balaban J connectivity index is 1.97. The second kappa shape index (κ2) is 8.60.